The number of aromatic nitrogens is 5. The van der Waals surface area contributed by atoms with Gasteiger partial charge in [-0.25, -0.2) is 0 Å². The first-order valence-corrected chi connectivity index (χ1v) is 8.35. The van der Waals surface area contributed by atoms with E-state index in [0.717, 1.165) is 34.0 Å². The number of anilines is 1. The highest BCUT2D eigenvalue weighted by atomic mass is 79.9. The highest BCUT2D eigenvalue weighted by Gasteiger charge is 2.16. The topological polar surface area (TPSA) is 99.6 Å². The molecule has 0 atom stereocenters. The highest BCUT2D eigenvalue weighted by molar-refractivity contribution is 9.09. The van der Waals surface area contributed by atoms with Gasteiger partial charge in [0.15, 0.2) is 5.82 Å². The summed E-state index contributed by atoms with van der Waals surface area (Å²) in [6, 6.07) is 0. The molecule has 0 aliphatic carbocycles. The van der Waals surface area contributed by atoms with Gasteiger partial charge in [0, 0.05) is 17.3 Å². The minimum atomic E-state index is -0.151. The summed E-state index contributed by atoms with van der Waals surface area (Å²) >= 11 is 3.33. The molecule has 2 N–H and O–H groups in total. The Hall–Kier alpha value is -1.83. The summed E-state index contributed by atoms with van der Waals surface area (Å²) in [6.07, 6.45) is 5.29. The molecule has 7 nitrogen and oxygen atoms in total. The van der Waals surface area contributed by atoms with E-state index in [0.29, 0.717) is 12.2 Å². The molecular weight excluding hydrogens is 348 g/mol. The van der Waals surface area contributed by atoms with Gasteiger partial charge in [0.2, 0.25) is 11.9 Å². The van der Waals surface area contributed by atoms with Gasteiger partial charge in [-0.3, -0.25) is 4.79 Å². The van der Waals surface area contributed by atoms with Crippen LogP contribution in [0.25, 0.3) is 11.4 Å². The zero-order valence-electron chi connectivity index (χ0n) is 13.1. The molecule has 2 aromatic rings. The van der Waals surface area contributed by atoms with Gasteiger partial charge < -0.3 is 5.73 Å². The molecule has 0 saturated heterocycles. The van der Waals surface area contributed by atoms with E-state index in [1.165, 1.54) is 0 Å². The van der Waals surface area contributed by atoms with Crippen molar-refractivity contribution in [2.45, 2.75) is 40.0 Å². The first kappa shape index (κ1) is 18.2. The van der Waals surface area contributed by atoms with Gasteiger partial charge in [-0.2, -0.15) is 19.9 Å². The lowest BCUT2D eigenvalue weighted by molar-refractivity contribution is 0.0887. The van der Waals surface area contributed by atoms with Crippen molar-refractivity contribution >= 4 is 27.8 Å². The van der Waals surface area contributed by atoms with E-state index in [-0.39, 0.29) is 11.9 Å². The summed E-state index contributed by atoms with van der Waals surface area (Å²) in [4.78, 5) is 16.1. The van der Waals surface area contributed by atoms with Gasteiger partial charge in [0.1, 0.15) is 0 Å². The maximum Gasteiger partial charge on any atom is 0.250 e. The number of aryl methyl sites for hydroxylation is 1. The third-order valence-corrected chi connectivity index (χ3v) is 3.37. The number of carbonyl (C=O) groups is 1. The Morgan fingerprint density at radius 2 is 1.95 bits per heavy atom. The first-order chi connectivity index (χ1) is 10.6. The van der Waals surface area contributed by atoms with E-state index < -0.39 is 0 Å². The van der Waals surface area contributed by atoms with Crippen LogP contribution in [0.1, 0.15) is 43.5 Å². The van der Waals surface area contributed by atoms with Crippen LogP contribution < -0.4 is 5.73 Å². The third-order valence-electron chi connectivity index (χ3n) is 2.81. The summed E-state index contributed by atoms with van der Waals surface area (Å²) in [6.45, 7) is 5.87. The molecule has 22 heavy (non-hydrogen) atoms. The maximum absolute atomic E-state index is 12.0. The second-order valence-corrected chi connectivity index (χ2v) is 5.12. The van der Waals surface area contributed by atoms with E-state index >= 15 is 0 Å². The van der Waals surface area contributed by atoms with Crippen molar-refractivity contribution in [3.63, 3.8) is 0 Å². The van der Waals surface area contributed by atoms with Crippen LogP contribution in [-0.2, 0) is 0 Å². The van der Waals surface area contributed by atoms with Crippen LogP contribution in [-0.4, -0.2) is 36.2 Å². The lowest BCUT2D eigenvalue weighted by Crippen LogP contribution is -2.15. The minimum absolute atomic E-state index is 0.0973. The van der Waals surface area contributed by atoms with Gasteiger partial charge in [0.25, 0.3) is 0 Å². The molecule has 0 aliphatic heterocycles. The van der Waals surface area contributed by atoms with Gasteiger partial charge in [-0.1, -0.05) is 29.8 Å². The molecule has 120 valence electrons. The lowest BCUT2D eigenvalue weighted by atomic mass is 10.2. The number of halogens is 1. The monoisotopic (exact) mass is 368 g/mol. The molecule has 0 aromatic carbocycles. The van der Waals surface area contributed by atoms with Crippen LogP contribution in [0.4, 0.5) is 5.95 Å². The number of hydrogen-bond donors (Lipinski definition) is 1. The predicted octanol–water partition coefficient (Wildman–Crippen LogP) is 2.86. The summed E-state index contributed by atoms with van der Waals surface area (Å²) in [5, 5.41) is 12.6. The Morgan fingerprint density at radius 1 is 1.27 bits per heavy atom. The highest BCUT2D eigenvalue weighted by Crippen LogP contribution is 2.19. The molecule has 0 fully saturated rings. The van der Waals surface area contributed by atoms with Crippen LogP contribution in [0, 0.1) is 6.92 Å². The van der Waals surface area contributed by atoms with Crippen molar-refractivity contribution < 1.29 is 4.79 Å². The minimum Gasteiger partial charge on any atom is -0.368 e. The number of nitrogen functional groups attached to an aromatic ring is 1. The van der Waals surface area contributed by atoms with Crippen LogP contribution in [0.5, 0.6) is 0 Å². The maximum atomic E-state index is 12.0. The van der Waals surface area contributed by atoms with Crippen LogP contribution in [0.3, 0.4) is 0 Å². The fraction of sp³-hybridized carbons (Fsp3) is 0.500. The fourth-order valence-corrected chi connectivity index (χ4v) is 2.11. The number of nitrogens with zero attached hydrogens (tertiary/aromatic N) is 5. The summed E-state index contributed by atoms with van der Waals surface area (Å²) < 4.78 is 1.16. The predicted molar refractivity (Wildman–Crippen MR) is 89.8 cm³/mol. The number of rotatable bonds is 5. The Kier molecular flexibility index (Phi) is 7.65. The van der Waals surface area contributed by atoms with Crippen molar-refractivity contribution in [3.05, 3.63) is 18.0 Å². The van der Waals surface area contributed by atoms with E-state index in [4.69, 9.17) is 5.73 Å². The van der Waals surface area contributed by atoms with Gasteiger partial charge in [0.05, 0.1) is 12.4 Å². The normalized spacial score (nSPS) is 10.0. The van der Waals surface area contributed by atoms with Crippen molar-refractivity contribution in [2.75, 3.05) is 11.1 Å². The molecule has 0 spiro atoms. The number of carbonyl (C=O) groups excluding carboxylic acids is 1. The Labute approximate surface area is 138 Å². The van der Waals surface area contributed by atoms with Gasteiger partial charge in [-0.15, -0.1) is 5.10 Å². The number of hydrogen-bond acceptors (Lipinski definition) is 6. The first-order valence-electron chi connectivity index (χ1n) is 7.23. The van der Waals surface area contributed by atoms with E-state index in [9.17, 15) is 4.79 Å². The van der Waals surface area contributed by atoms with E-state index in [1.54, 1.807) is 12.4 Å². The molecule has 0 unspecified atom stereocenters. The molecule has 8 heteroatoms. The molecule has 0 radical (unpaired) electrons. The van der Waals surface area contributed by atoms with Crippen LogP contribution in [0.15, 0.2) is 12.4 Å². The van der Waals surface area contributed by atoms with Crippen molar-refractivity contribution in [2.24, 2.45) is 0 Å². The SMILES string of the molecule is CC.Cc1cnncc1-c1nc(N)n(C(=O)CCCCBr)n1. The molecule has 2 heterocycles. The summed E-state index contributed by atoms with van der Waals surface area (Å²) in [5.41, 5.74) is 7.36. The summed E-state index contributed by atoms with van der Waals surface area (Å²) in [5.74, 6) is 0.339. The molecule has 0 aliphatic rings. The second-order valence-electron chi connectivity index (χ2n) is 4.33. The largest absolute Gasteiger partial charge is 0.368 e. The molecule has 0 amide bonds. The number of alkyl halides is 1. The molecule has 2 aromatic heterocycles. The number of nitrogens with two attached hydrogens (primary N) is 1. The average Bonchev–Trinajstić information content (AvgIpc) is 2.91. The van der Waals surface area contributed by atoms with Crippen LogP contribution >= 0.6 is 15.9 Å². The lowest BCUT2D eigenvalue weighted by Gasteiger charge is -2.00. The molecule has 0 saturated carbocycles. The molecule has 0 bridgehead atoms. The van der Waals surface area contributed by atoms with E-state index in [2.05, 4.69) is 36.2 Å². The Balaban J connectivity index is 0.00000116. The van der Waals surface area contributed by atoms with E-state index in [1.807, 2.05) is 20.8 Å². The Morgan fingerprint density at radius 3 is 2.59 bits per heavy atom. The average molecular weight is 369 g/mol. The van der Waals surface area contributed by atoms with Crippen LogP contribution in [0.2, 0.25) is 0 Å². The second kappa shape index (κ2) is 9.24. The van der Waals surface area contributed by atoms with Gasteiger partial charge in [-0.05, 0) is 25.3 Å². The Bertz CT molecular complexity index is 613. The smallest absolute Gasteiger partial charge is 0.250 e. The number of unbranched alkanes of at least 4 members (excludes halogenated alkanes) is 1. The zero-order valence-corrected chi connectivity index (χ0v) is 14.7. The fourth-order valence-electron chi connectivity index (χ4n) is 1.71. The van der Waals surface area contributed by atoms with Crippen molar-refractivity contribution in [1.82, 2.24) is 25.0 Å². The molecule has 2 rings (SSSR count). The summed E-state index contributed by atoms with van der Waals surface area (Å²) in [7, 11) is 0. The van der Waals surface area contributed by atoms with Gasteiger partial charge >= 0.3 is 0 Å². The third kappa shape index (κ3) is 4.59. The molecular formula is C14H21BrN6O. The van der Waals surface area contributed by atoms with Crippen molar-refractivity contribution in [1.29, 1.82) is 0 Å². The zero-order chi connectivity index (χ0) is 16.5. The van der Waals surface area contributed by atoms with Crippen molar-refractivity contribution in [3.8, 4) is 11.4 Å². The quantitative estimate of drug-likeness (QED) is 0.643. The standard InChI is InChI=1S/C12H15BrN6O.C2H6/c1-8-6-15-16-7-9(8)11-17-12(14)19(18-11)10(20)4-2-3-5-13;1-2/h6-7H,2-5H2,1H3,(H2,14,17,18);1-2H3.